The predicted octanol–water partition coefficient (Wildman–Crippen LogP) is 7.84. The molecule has 0 radical (unpaired) electrons. The minimum Gasteiger partial charge on any atom is -0.494 e. The van der Waals surface area contributed by atoms with Crippen LogP contribution in [0, 0.1) is 0 Å². The Morgan fingerprint density at radius 1 is 0.415 bits per heavy atom. The van der Waals surface area contributed by atoms with Crippen molar-refractivity contribution >= 4 is 72.3 Å². The fourth-order valence-corrected chi connectivity index (χ4v) is 6.69. The first kappa shape index (κ1) is 37.0. The van der Waals surface area contributed by atoms with Crippen LogP contribution in [-0.2, 0) is 9.47 Å². The molecule has 11 heteroatoms. The van der Waals surface area contributed by atoms with Crippen molar-refractivity contribution in [2.24, 2.45) is 0 Å². The second-order valence-corrected chi connectivity index (χ2v) is 14.4. The number of ether oxygens (including phenoxy) is 5. The van der Waals surface area contributed by atoms with Crippen LogP contribution in [0.25, 0.3) is 0 Å². The van der Waals surface area contributed by atoms with Crippen LogP contribution in [0.3, 0.4) is 0 Å². The monoisotopic (exact) mass is 678 g/mol. The quantitative estimate of drug-likeness (QED) is 0.0693. The smallest absolute Gasteiger partial charge is 0.127 e. The summed E-state index contributed by atoms with van der Waals surface area (Å²) in [5, 5.41) is 0. The second-order valence-electron chi connectivity index (χ2n) is 8.57. The molecular weight excluding hydrogens is 633 g/mol. The number of hydrogen-bond acceptors (Lipinski definition) is 11. The zero-order valence-corrected chi connectivity index (χ0v) is 29.0. The van der Waals surface area contributed by atoms with Crippen molar-refractivity contribution in [2.75, 3.05) is 97.2 Å². The summed E-state index contributed by atoms with van der Waals surface area (Å²) >= 11 is 16.0. The summed E-state index contributed by atoms with van der Waals surface area (Å²) in [6, 6.07) is 15.6. The Labute approximate surface area is 275 Å². The summed E-state index contributed by atoms with van der Waals surface area (Å²) in [7, 11) is 0. The molecule has 2 aromatic rings. The van der Waals surface area contributed by atoms with E-state index in [0.29, 0.717) is 13.2 Å². The van der Waals surface area contributed by atoms with Gasteiger partial charge in [0, 0.05) is 34.5 Å². The number of hydrogen-bond donors (Lipinski definition) is 2. The lowest BCUT2D eigenvalue weighted by Gasteiger charge is -2.10. The van der Waals surface area contributed by atoms with Crippen LogP contribution >= 0.6 is 72.3 Å². The van der Waals surface area contributed by atoms with Crippen LogP contribution in [-0.4, -0.2) is 97.2 Å². The van der Waals surface area contributed by atoms with Gasteiger partial charge in [-0.05, 0) is 84.4 Å². The first-order chi connectivity index (χ1) is 20.3. The average Bonchev–Trinajstić information content (AvgIpc) is 3.00. The SMILES string of the molecule is SCCSCCOCCSCCCOc1ccc(Oc2ccc(OCCCSCCOCCSCCS)cc2)cc1. The number of thioether (sulfide) groups is 4. The molecule has 0 unspecified atom stereocenters. The molecule has 2 aromatic carbocycles. The molecule has 0 spiro atoms. The molecule has 0 aliphatic heterocycles. The van der Waals surface area contributed by atoms with Crippen molar-refractivity contribution in [3.63, 3.8) is 0 Å². The van der Waals surface area contributed by atoms with Crippen LogP contribution in [0.15, 0.2) is 48.5 Å². The lowest BCUT2D eigenvalue weighted by Crippen LogP contribution is -2.03. The molecule has 0 aliphatic rings. The van der Waals surface area contributed by atoms with E-state index in [1.807, 2.05) is 95.6 Å². The van der Waals surface area contributed by atoms with Crippen molar-refractivity contribution in [3.8, 4) is 23.0 Å². The van der Waals surface area contributed by atoms with Gasteiger partial charge in [0.15, 0.2) is 0 Å². The highest BCUT2D eigenvalue weighted by Gasteiger charge is 2.01. The summed E-state index contributed by atoms with van der Waals surface area (Å²) < 4.78 is 29.0. The van der Waals surface area contributed by atoms with Crippen molar-refractivity contribution in [1.82, 2.24) is 0 Å². The third kappa shape index (κ3) is 21.2. The van der Waals surface area contributed by atoms with Crippen molar-refractivity contribution in [2.45, 2.75) is 12.8 Å². The Morgan fingerprint density at radius 2 is 0.756 bits per heavy atom. The van der Waals surface area contributed by atoms with E-state index >= 15 is 0 Å². The highest BCUT2D eigenvalue weighted by Crippen LogP contribution is 2.26. The number of thiol groups is 2. The third-order valence-electron chi connectivity index (χ3n) is 5.25. The summed E-state index contributed by atoms with van der Waals surface area (Å²) in [4.78, 5) is 0. The molecule has 0 fully saturated rings. The zero-order chi connectivity index (χ0) is 29.1. The van der Waals surface area contributed by atoms with Gasteiger partial charge in [-0.2, -0.15) is 72.3 Å². The maximum atomic E-state index is 5.97. The lowest BCUT2D eigenvalue weighted by atomic mass is 10.3. The molecule has 41 heavy (non-hydrogen) atoms. The minimum atomic E-state index is 0.708. The molecule has 0 heterocycles. The number of benzene rings is 2. The highest BCUT2D eigenvalue weighted by molar-refractivity contribution is 8.00. The molecule has 0 saturated heterocycles. The van der Waals surface area contributed by atoms with Gasteiger partial charge in [0.05, 0.1) is 39.6 Å². The Hall–Kier alpha value is -0.140. The fraction of sp³-hybridized carbons (Fsp3) is 0.600. The van der Waals surface area contributed by atoms with Gasteiger partial charge in [0.2, 0.25) is 0 Å². The number of rotatable bonds is 28. The Balaban J connectivity index is 1.46. The van der Waals surface area contributed by atoms with E-state index in [4.69, 9.17) is 23.7 Å². The van der Waals surface area contributed by atoms with Crippen molar-refractivity contribution < 1.29 is 23.7 Å². The summed E-state index contributed by atoms with van der Waals surface area (Å²) in [6.07, 6.45) is 2.03. The Morgan fingerprint density at radius 3 is 1.12 bits per heavy atom. The molecule has 0 amide bonds. The topological polar surface area (TPSA) is 46.2 Å². The second kappa shape index (κ2) is 27.4. The predicted molar refractivity (Wildman–Crippen MR) is 192 cm³/mol. The van der Waals surface area contributed by atoms with Crippen LogP contribution in [0.2, 0.25) is 0 Å². The van der Waals surface area contributed by atoms with E-state index in [1.165, 1.54) is 0 Å². The van der Waals surface area contributed by atoms with Gasteiger partial charge < -0.3 is 23.7 Å². The van der Waals surface area contributed by atoms with Crippen LogP contribution < -0.4 is 14.2 Å². The molecule has 0 saturated carbocycles. The van der Waals surface area contributed by atoms with Crippen LogP contribution in [0.1, 0.15) is 12.8 Å². The molecular formula is C30H46O5S6. The summed E-state index contributed by atoms with van der Waals surface area (Å²) in [5.41, 5.74) is 0. The zero-order valence-electron chi connectivity index (χ0n) is 23.9. The normalized spacial score (nSPS) is 11.1. The van der Waals surface area contributed by atoms with Gasteiger partial charge in [0.1, 0.15) is 23.0 Å². The fourth-order valence-electron chi connectivity index (χ4n) is 3.26. The molecule has 0 aromatic heterocycles. The summed E-state index contributed by atoms with van der Waals surface area (Å²) in [5.74, 6) is 13.6. The van der Waals surface area contributed by atoms with Crippen molar-refractivity contribution in [3.05, 3.63) is 48.5 Å². The molecule has 0 atom stereocenters. The molecule has 0 bridgehead atoms. The molecule has 232 valence electrons. The first-order valence-electron chi connectivity index (χ1n) is 14.1. The van der Waals surface area contributed by atoms with Crippen molar-refractivity contribution in [1.29, 1.82) is 0 Å². The van der Waals surface area contributed by atoms with E-state index in [0.717, 1.165) is 120 Å². The van der Waals surface area contributed by atoms with E-state index in [2.05, 4.69) is 25.3 Å². The maximum Gasteiger partial charge on any atom is 0.127 e. The van der Waals surface area contributed by atoms with Crippen LogP contribution in [0.4, 0.5) is 0 Å². The van der Waals surface area contributed by atoms with E-state index < -0.39 is 0 Å². The van der Waals surface area contributed by atoms with Crippen LogP contribution in [0.5, 0.6) is 23.0 Å². The Bertz CT molecular complexity index is 775. The van der Waals surface area contributed by atoms with Gasteiger partial charge in [0.25, 0.3) is 0 Å². The van der Waals surface area contributed by atoms with E-state index in [9.17, 15) is 0 Å². The largest absolute Gasteiger partial charge is 0.494 e. The molecule has 2 rings (SSSR count). The van der Waals surface area contributed by atoms with Gasteiger partial charge in [-0.3, -0.25) is 0 Å². The average molecular weight is 679 g/mol. The van der Waals surface area contributed by atoms with Gasteiger partial charge in [-0.25, -0.2) is 0 Å². The minimum absolute atomic E-state index is 0.708. The maximum absolute atomic E-state index is 5.97. The Kier molecular flexibility index (Phi) is 24.8. The standard InChI is InChI=1S/C30H46O5S6/c36-17-25-40-23-15-31-13-21-38-19-1-11-33-27-3-7-29(8-4-27)35-30-9-5-28(6-10-30)34-12-2-20-39-22-14-32-16-24-41-26-18-37/h3-10,36-37H,1-2,11-26H2. The van der Waals surface area contributed by atoms with E-state index in [-0.39, 0.29) is 0 Å². The third-order valence-corrected chi connectivity index (χ3v) is 10.3. The van der Waals surface area contributed by atoms with Gasteiger partial charge in [-0.1, -0.05) is 0 Å². The van der Waals surface area contributed by atoms with Gasteiger partial charge in [-0.15, -0.1) is 0 Å². The summed E-state index contributed by atoms with van der Waals surface area (Å²) in [6.45, 7) is 4.71. The lowest BCUT2D eigenvalue weighted by molar-refractivity contribution is 0.167. The highest BCUT2D eigenvalue weighted by atomic mass is 32.2. The molecule has 0 N–H and O–H groups in total. The van der Waals surface area contributed by atoms with E-state index in [1.54, 1.807) is 0 Å². The molecule has 5 nitrogen and oxygen atoms in total. The first-order valence-corrected chi connectivity index (χ1v) is 20.0. The van der Waals surface area contributed by atoms with Gasteiger partial charge >= 0.3 is 0 Å². The molecule has 0 aliphatic carbocycles.